The van der Waals surface area contributed by atoms with Gasteiger partial charge in [-0.05, 0) is 36.8 Å². The van der Waals surface area contributed by atoms with Gasteiger partial charge in [-0.25, -0.2) is 0 Å². The Hall–Kier alpha value is -2.87. The minimum Gasteiger partial charge on any atom is -0.450 e. The molecule has 0 saturated carbocycles. The third kappa shape index (κ3) is 2.87. The summed E-state index contributed by atoms with van der Waals surface area (Å²) in [5.41, 5.74) is 1.19. The minimum atomic E-state index is -0.497. The highest BCUT2D eigenvalue weighted by atomic mass is 16.6. The summed E-state index contributed by atoms with van der Waals surface area (Å²) in [6, 6.07) is 13.1. The fourth-order valence-corrected chi connectivity index (χ4v) is 1.61. The van der Waals surface area contributed by atoms with Crippen LogP contribution in [0.25, 0.3) is 0 Å². The van der Waals surface area contributed by atoms with Gasteiger partial charge >= 0.3 is 5.69 Å². The Kier molecular flexibility index (Phi) is 3.44. The van der Waals surface area contributed by atoms with Crippen molar-refractivity contribution < 1.29 is 9.66 Å². The highest BCUT2D eigenvalue weighted by molar-refractivity contribution is 5.50. The van der Waals surface area contributed by atoms with E-state index in [2.05, 4.69) is 0 Å². The summed E-state index contributed by atoms with van der Waals surface area (Å²) < 4.78 is 5.50. The van der Waals surface area contributed by atoms with Crippen molar-refractivity contribution in [3.8, 4) is 17.6 Å². The van der Waals surface area contributed by atoms with Crippen LogP contribution in [0.15, 0.2) is 42.5 Å². The van der Waals surface area contributed by atoms with Crippen LogP contribution in [-0.2, 0) is 0 Å². The first-order valence-electron chi connectivity index (χ1n) is 5.53. The monoisotopic (exact) mass is 254 g/mol. The van der Waals surface area contributed by atoms with Crippen LogP contribution < -0.4 is 4.74 Å². The number of ether oxygens (including phenoxy) is 1. The summed E-state index contributed by atoms with van der Waals surface area (Å²) in [5.74, 6) is 0.563. The lowest BCUT2D eigenvalue weighted by atomic mass is 10.2. The third-order valence-electron chi connectivity index (χ3n) is 2.50. The van der Waals surface area contributed by atoms with Crippen LogP contribution in [0, 0.1) is 28.4 Å². The standard InChI is InChI=1S/C14H10N2O3/c1-10-5-6-13(16(17)18)14(7-10)19-12-4-2-3-11(8-12)9-15/h2-8H,1H3. The van der Waals surface area contributed by atoms with Gasteiger partial charge in [-0.1, -0.05) is 12.1 Å². The lowest BCUT2D eigenvalue weighted by Gasteiger charge is -2.07. The Labute approximate surface area is 109 Å². The number of benzene rings is 2. The maximum absolute atomic E-state index is 10.9. The molecule has 0 saturated heterocycles. The molecule has 0 unspecified atom stereocenters. The van der Waals surface area contributed by atoms with Crippen molar-refractivity contribution in [1.82, 2.24) is 0 Å². The summed E-state index contributed by atoms with van der Waals surface area (Å²) >= 11 is 0. The summed E-state index contributed by atoms with van der Waals surface area (Å²) in [5, 5.41) is 19.7. The molecule has 0 N–H and O–H groups in total. The molecule has 0 atom stereocenters. The van der Waals surface area contributed by atoms with Crippen molar-refractivity contribution in [3.63, 3.8) is 0 Å². The third-order valence-corrected chi connectivity index (χ3v) is 2.50. The van der Waals surface area contributed by atoms with Gasteiger partial charge in [0.1, 0.15) is 5.75 Å². The van der Waals surface area contributed by atoms with Gasteiger partial charge in [0.2, 0.25) is 5.75 Å². The van der Waals surface area contributed by atoms with Crippen LogP contribution in [0.3, 0.4) is 0 Å². The molecule has 94 valence electrons. The highest BCUT2D eigenvalue weighted by Crippen LogP contribution is 2.32. The van der Waals surface area contributed by atoms with Gasteiger partial charge in [0, 0.05) is 6.07 Å². The SMILES string of the molecule is Cc1ccc([N+](=O)[O-])c(Oc2cccc(C#N)c2)c1. The molecule has 0 aliphatic carbocycles. The molecule has 0 amide bonds. The minimum absolute atomic E-state index is 0.104. The summed E-state index contributed by atoms with van der Waals surface area (Å²) in [7, 11) is 0. The van der Waals surface area contributed by atoms with Crippen LogP contribution in [0.4, 0.5) is 5.69 Å². The van der Waals surface area contributed by atoms with Crippen molar-refractivity contribution in [2.75, 3.05) is 0 Å². The average Bonchev–Trinajstić information content (AvgIpc) is 2.38. The van der Waals surface area contributed by atoms with E-state index in [1.54, 1.807) is 30.3 Å². The zero-order chi connectivity index (χ0) is 13.8. The van der Waals surface area contributed by atoms with E-state index >= 15 is 0 Å². The molecule has 0 heterocycles. The van der Waals surface area contributed by atoms with Gasteiger partial charge in [0.15, 0.2) is 0 Å². The first kappa shape index (κ1) is 12.6. The van der Waals surface area contributed by atoms with Crippen molar-refractivity contribution in [3.05, 3.63) is 63.7 Å². The molecule has 2 rings (SSSR count). The maximum atomic E-state index is 10.9. The molecule has 2 aromatic rings. The normalized spacial score (nSPS) is 9.68. The first-order valence-corrected chi connectivity index (χ1v) is 5.53. The number of nitrogens with zero attached hydrogens (tertiary/aromatic N) is 2. The number of nitro groups is 1. The highest BCUT2D eigenvalue weighted by Gasteiger charge is 2.15. The lowest BCUT2D eigenvalue weighted by Crippen LogP contribution is -1.94. The van der Waals surface area contributed by atoms with E-state index in [0.717, 1.165) is 5.56 Å². The Morgan fingerprint density at radius 2 is 2.05 bits per heavy atom. The molecular weight excluding hydrogens is 244 g/mol. The maximum Gasteiger partial charge on any atom is 0.311 e. The van der Waals surface area contributed by atoms with Crippen LogP contribution in [0.5, 0.6) is 11.5 Å². The van der Waals surface area contributed by atoms with Crippen LogP contribution in [-0.4, -0.2) is 4.92 Å². The summed E-state index contributed by atoms with van der Waals surface area (Å²) in [6.07, 6.45) is 0. The molecule has 0 fully saturated rings. The van der Waals surface area contributed by atoms with E-state index in [9.17, 15) is 10.1 Å². The average molecular weight is 254 g/mol. The molecule has 0 aliphatic rings. The van der Waals surface area contributed by atoms with E-state index in [1.165, 1.54) is 12.1 Å². The number of aryl methyl sites for hydroxylation is 1. The van der Waals surface area contributed by atoms with E-state index in [-0.39, 0.29) is 11.4 Å². The van der Waals surface area contributed by atoms with Crippen molar-refractivity contribution in [1.29, 1.82) is 5.26 Å². The molecule has 19 heavy (non-hydrogen) atoms. The molecule has 2 aromatic carbocycles. The van der Waals surface area contributed by atoms with Crippen LogP contribution in [0.1, 0.15) is 11.1 Å². The zero-order valence-corrected chi connectivity index (χ0v) is 10.2. The van der Waals surface area contributed by atoms with Gasteiger partial charge in [0.25, 0.3) is 0 Å². The molecule has 5 heteroatoms. The fourth-order valence-electron chi connectivity index (χ4n) is 1.61. The van der Waals surface area contributed by atoms with Gasteiger partial charge in [-0.2, -0.15) is 5.26 Å². The first-order chi connectivity index (χ1) is 9.10. The fraction of sp³-hybridized carbons (Fsp3) is 0.0714. The largest absolute Gasteiger partial charge is 0.450 e. The van der Waals surface area contributed by atoms with E-state index in [4.69, 9.17) is 10.00 Å². The zero-order valence-electron chi connectivity index (χ0n) is 10.2. The van der Waals surface area contributed by atoms with Crippen molar-refractivity contribution in [2.45, 2.75) is 6.92 Å². The predicted molar refractivity (Wildman–Crippen MR) is 69.1 cm³/mol. The summed E-state index contributed by atoms with van der Waals surface area (Å²) in [6.45, 7) is 1.82. The molecule has 0 aliphatic heterocycles. The van der Waals surface area contributed by atoms with E-state index in [0.29, 0.717) is 11.3 Å². The van der Waals surface area contributed by atoms with Gasteiger partial charge in [-0.15, -0.1) is 0 Å². The quantitative estimate of drug-likeness (QED) is 0.619. The van der Waals surface area contributed by atoms with Gasteiger partial charge in [-0.3, -0.25) is 10.1 Å². The Bertz CT molecular complexity index is 675. The lowest BCUT2D eigenvalue weighted by molar-refractivity contribution is -0.385. The molecule has 5 nitrogen and oxygen atoms in total. The summed E-state index contributed by atoms with van der Waals surface area (Å²) in [4.78, 5) is 10.4. The van der Waals surface area contributed by atoms with Gasteiger partial charge in [0.05, 0.1) is 16.6 Å². The smallest absolute Gasteiger partial charge is 0.311 e. The van der Waals surface area contributed by atoms with Crippen LogP contribution in [0.2, 0.25) is 0 Å². The van der Waals surface area contributed by atoms with Gasteiger partial charge < -0.3 is 4.74 Å². The predicted octanol–water partition coefficient (Wildman–Crippen LogP) is 3.57. The number of rotatable bonds is 3. The number of nitro benzene ring substituents is 1. The topological polar surface area (TPSA) is 76.2 Å². The van der Waals surface area contributed by atoms with Crippen molar-refractivity contribution >= 4 is 5.69 Å². The molecular formula is C14H10N2O3. The Balaban J connectivity index is 2.40. The second kappa shape index (κ2) is 5.19. The van der Waals surface area contributed by atoms with E-state index < -0.39 is 4.92 Å². The second-order valence-corrected chi connectivity index (χ2v) is 3.97. The number of hydrogen-bond acceptors (Lipinski definition) is 4. The molecule has 0 bridgehead atoms. The molecule has 0 radical (unpaired) electrons. The molecule has 0 spiro atoms. The second-order valence-electron chi connectivity index (χ2n) is 3.97. The van der Waals surface area contributed by atoms with Crippen molar-refractivity contribution in [2.24, 2.45) is 0 Å². The number of nitriles is 1. The number of hydrogen-bond donors (Lipinski definition) is 0. The Morgan fingerprint density at radius 3 is 2.74 bits per heavy atom. The Morgan fingerprint density at radius 1 is 1.26 bits per heavy atom. The van der Waals surface area contributed by atoms with E-state index in [1.807, 2.05) is 13.0 Å². The van der Waals surface area contributed by atoms with Crippen LogP contribution >= 0.6 is 0 Å². The molecule has 0 aromatic heterocycles.